The number of hydrogen-bond acceptors (Lipinski definition) is 5. The number of likely N-dealkylation sites (tertiary alicyclic amines) is 1. The van der Waals surface area contributed by atoms with Gasteiger partial charge in [0.25, 0.3) is 5.69 Å². The monoisotopic (exact) mass is 425 g/mol. The minimum Gasteiger partial charge on any atom is -0.390 e. The molecular formula is C22H24FN5O3. The number of non-ortho nitro benzene ring substituents is 1. The highest BCUT2D eigenvalue weighted by atomic mass is 19.1. The van der Waals surface area contributed by atoms with E-state index >= 15 is 0 Å². The Hall–Kier alpha value is -3.46. The Kier molecular flexibility index (Phi) is 7.55. The number of piperidine rings is 1. The molecule has 1 atom stereocenters. The van der Waals surface area contributed by atoms with Gasteiger partial charge in [-0.25, -0.2) is 9.38 Å². The van der Waals surface area contributed by atoms with Crippen LogP contribution in [0.5, 0.6) is 0 Å². The van der Waals surface area contributed by atoms with Gasteiger partial charge in [0.05, 0.1) is 17.3 Å². The maximum absolute atomic E-state index is 13.1. The molecule has 0 spiro atoms. The summed E-state index contributed by atoms with van der Waals surface area (Å²) in [5, 5.41) is 10.9. The predicted molar refractivity (Wildman–Crippen MR) is 117 cm³/mol. The van der Waals surface area contributed by atoms with Crippen molar-refractivity contribution in [1.82, 2.24) is 4.90 Å². The molecule has 1 unspecified atom stereocenters. The summed E-state index contributed by atoms with van der Waals surface area (Å²) in [6.07, 6.45) is 3.92. The van der Waals surface area contributed by atoms with Gasteiger partial charge in [0.15, 0.2) is 5.78 Å². The first-order chi connectivity index (χ1) is 15.0. The molecule has 1 aliphatic rings. The Balaban J connectivity index is 1.63. The van der Waals surface area contributed by atoms with Crippen molar-refractivity contribution < 1.29 is 14.1 Å². The zero-order chi connectivity index (χ0) is 22.2. The molecule has 162 valence electrons. The lowest BCUT2D eigenvalue weighted by molar-refractivity contribution is -0.384. The van der Waals surface area contributed by atoms with Crippen molar-refractivity contribution in [3.63, 3.8) is 0 Å². The fraction of sp³-hybridized carbons (Fsp3) is 0.318. The average molecular weight is 425 g/mol. The molecule has 1 fully saturated rings. The molecule has 0 aromatic heterocycles. The summed E-state index contributed by atoms with van der Waals surface area (Å²) in [5.74, 6) is -0.407. The smallest absolute Gasteiger partial charge is 0.269 e. The number of nitrogens with zero attached hydrogens (tertiary/aromatic N) is 4. The van der Waals surface area contributed by atoms with Crippen LogP contribution in [0.25, 0.3) is 0 Å². The Labute approximate surface area is 179 Å². The van der Waals surface area contributed by atoms with Gasteiger partial charge in [-0.1, -0.05) is 12.1 Å². The molecule has 8 nitrogen and oxygen atoms in total. The van der Waals surface area contributed by atoms with Gasteiger partial charge in [-0.2, -0.15) is 0 Å². The Morgan fingerprint density at radius 3 is 2.42 bits per heavy atom. The number of nitro groups is 1. The molecule has 0 amide bonds. The third-order valence-corrected chi connectivity index (χ3v) is 5.41. The van der Waals surface area contributed by atoms with Crippen LogP contribution < -0.4 is 5.73 Å². The Morgan fingerprint density at radius 2 is 1.84 bits per heavy atom. The van der Waals surface area contributed by atoms with Crippen LogP contribution >= 0.6 is 0 Å². The van der Waals surface area contributed by atoms with E-state index in [1.165, 1.54) is 42.7 Å². The summed E-state index contributed by atoms with van der Waals surface area (Å²) in [6.45, 7) is 2.03. The van der Waals surface area contributed by atoms with Crippen molar-refractivity contribution in [2.45, 2.75) is 18.9 Å². The summed E-state index contributed by atoms with van der Waals surface area (Å²) >= 11 is 0. The van der Waals surface area contributed by atoms with Crippen LogP contribution in [0.1, 0.15) is 34.8 Å². The van der Waals surface area contributed by atoms with Crippen molar-refractivity contribution in [1.29, 1.82) is 0 Å². The molecule has 2 aromatic carbocycles. The van der Waals surface area contributed by atoms with Crippen molar-refractivity contribution >= 4 is 24.1 Å². The van der Waals surface area contributed by atoms with E-state index < -0.39 is 4.92 Å². The minimum atomic E-state index is -0.441. The first-order valence-electron chi connectivity index (χ1n) is 9.99. The number of hydrogen-bond donors (Lipinski definition) is 1. The van der Waals surface area contributed by atoms with E-state index in [-0.39, 0.29) is 29.2 Å². The van der Waals surface area contributed by atoms with E-state index in [0.717, 1.165) is 25.0 Å². The van der Waals surface area contributed by atoms with Crippen LogP contribution in [0.2, 0.25) is 0 Å². The lowest BCUT2D eigenvalue weighted by Crippen LogP contribution is -2.38. The predicted octanol–water partition coefficient (Wildman–Crippen LogP) is 3.39. The van der Waals surface area contributed by atoms with E-state index in [4.69, 9.17) is 5.73 Å². The van der Waals surface area contributed by atoms with Gasteiger partial charge in [0.2, 0.25) is 0 Å². The van der Waals surface area contributed by atoms with Crippen LogP contribution in [-0.2, 0) is 0 Å². The van der Waals surface area contributed by atoms with Gasteiger partial charge in [-0.05, 0) is 55.8 Å². The number of benzene rings is 2. The second-order valence-electron chi connectivity index (χ2n) is 7.37. The van der Waals surface area contributed by atoms with Gasteiger partial charge in [0.1, 0.15) is 12.2 Å². The highest BCUT2D eigenvalue weighted by molar-refractivity contribution is 5.97. The van der Waals surface area contributed by atoms with Gasteiger partial charge in [-0.15, -0.1) is 0 Å². The number of carbonyl (C=O) groups is 1. The molecule has 1 saturated heterocycles. The molecule has 9 heteroatoms. The molecule has 0 aliphatic carbocycles. The maximum atomic E-state index is 13.1. The van der Waals surface area contributed by atoms with Crippen LogP contribution in [0.3, 0.4) is 0 Å². The minimum absolute atomic E-state index is 0.0200. The van der Waals surface area contributed by atoms with E-state index in [0.29, 0.717) is 24.9 Å². The first-order valence-corrected chi connectivity index (χ1v) is 9.99. The van der Waals surface area contributed by atoms with E-state index in [9.17, 15) is 19.3 Å². The van der Waals surface area contributed by atoms with Gasteiger partial charge in [0, 0.05) is 30.2 Å². The number of ketones is 1. The molecule has 0 bridgehead atoms. The fourth-order valence-corrected chi connectivity index (χ4v) is 3.69. The van der Waals surface area contributed by atoms with E-state index in [2.05, 4.69) is 14.9 Å². The topological polar surface area (TPSA) is 114 Å². The number of aliphatic imine (C=N–C) groups is 2. The largest absolute Gasteiger partial charge is 0.390 e. The summed E-state index contributed by atoms with van der Waals surface area (Å²) < 4.78 is 13.1. The second-order valence-corrected chi connectivity index (χ2v) is 7.37. The first kappa shape index (κ1) is 22.2. The SMILES string of the molecule is NC=NC=NC(CN1CCC(C(=O)c2ccc(F)cc2)CC1)c1ccc([N+](=O)[O-])cc1. The second kappa shape index (κ2) is 10.5. The number of rotatable bonds is 8. The van der Waals surface area contributed by atoms with Gasteiger partial charge in [-0.3, -0.25) is 19.9 Å². The highest BCUT2D eigenvalue weighted by Crippen LogP contribution is 2.26. The molecule has 0 radical (unpaired) electrons. The molecule has 31 heavy (non-hydrogen) atoms. The summed E-state index contributed by atoms with van der Waals surface area (Å²) in [7, 11) is 0. The molecule has 0 saturated carbocycles. The van der Waals surface area contributed by atoms with Crippen LogP contribution in [0, 0.1) is 21.8 Å². The highest BCUT2D eigenvalue weighted by Gasteiger charge is 2.27. The summed E-state index contributed by atoms with van der Waals surface area (Å²) in [4.78, 5) is 33.6. The normalized spacial score (nSPS) is 16.7. The maximum Gasteiger partial charge on any atom is 0.269 e. The lowest BCUT2D eigenvalue weighted by Gasteiger charge is -2.33. The molecule has 3 rings (SSSR count). The molecule has 1 aliphatic heterocycles. The van der Waals surface area contributed by atoms with Crippen molar-refractivity contribution in [2.24, 2.45) is 21.6 Å². The number of nitro benzene ring substituents is 1. The van der Waals surface area contributed by atoms with Crippen molar-refractivity contribution in [3.8, 4) is 0 Å². The lowest BCUT2D eigenvalue weighted by atomic mass is 9.88. The quantitative estimate of drug-likeness (QED) is 0.229. The third-order valence-electron chi connectivity index (χ3n) is 5.41. The third kappa shape index (κ3) is 6.02. The fourth-order valence-electron chi connectivity index (χ4n) is 3.69. The van der Waals surface area contributed by atoms with Gasteiger partial charge < -0.3 is 10.6 Å². The standard InChI is InChI=1S/C22H24FN5O3/c23-19-5-1-17(2-6-19)22(29)18-9-11-27(12-10-18)13-21(26-15-25-14-24)16-3-7-20(8-4-16)28(30)31/h1-8,14-15,18,21H,9-13H2,(H2,24,25,26). The molecular weight excluding hydrogens is 401 g/mol. The number of carbonyl (C=O) groups excluding carboxylic acids is 1. The molecule has 2 aromatic rings. The summed E-state index contributed by atoms with van der Waals surface area (Å²) in [5.41, 5.74) is 6.66. The van der Waals surface area contributed by atoms with Crippen molar-refractivity contribution in [3.05, 3.63) is 75.6 Å². The van der Waals surface area contributed by atoms with Crippen LogP contribution in [0.4, 0.5) is 10.1 Å². The van der Waals surface area contributed by atoms with E-state index in [1.807, 2.05) is 0 Å². The van der Waals surface area contributed by atoms with Crippen LogP contribution in [0.15, 0.2) is 58.5 Å². The number of halogens is 1. The number of Topliss-reactive ketones (excluding diaryl/α,β-unsaturated/α-hetero) is 1. The van der Waals surface area contributed by atoms with Crippen molar-refractivity contribution in [2.75, 3.05) is 19.6 Å². The average Bonchev–Trinajstić information content (AvgIpc) is 2.79. The van der Waals surface area contributed by atoms with E-state index in [1.54, 1.807) is 12.1 Å². The molecule has 1 heterocycles. The zero-order valence-corrected chi connectivity index (χ0v) is 16.9. The summed E-state index contributed by atoms with van der Waals surface area (Å²) in [6, 6.07) is 11.7. The Morgan fingerprint density at radius 1 is 1.19 bits per heavy atom. The molecule has 2 N–H and O–H groups in total. The zero-order valence-electron chi connectivity index (χ0n) is 16.9. The number of nitrogens with two attached hydrogens (primary N) is 1. The van der Waals surface area contributed by atoms with Gasteiger partial charge >= 0.3 is 0 Å². The Bertz CT molecular complexity index is 952. The van der Waals surface area contributed by atoms with Crippen LogP contribution in [-0.4, -0.2) is 47.9 Å².